The molecule has 27 heavy (non-hydrogen) atoms. The van der Waals surface area contributed by atoms with E-state index in [2.05, 4.69) is 20.7 Å². The van der Waals surface area contributed by atoms with Gasteiger partial charge in [-0.3, -0.25) is 14.9 Å². The van der Waals surface area contributed by atoms with E-state index in [9.17, 15) is 9.59 Å². The summed E-state index contributed by atoms with van der Waals surface area (Å²) < 4.78 is 5.49. The van der Waals surface area contributed by atoms with E-state index in [1.807, 2.05) is 24.3 Å². The summed E-state index contributed by atoms with van der Waals surface area (Å²) >= 11 is 2.52. The molecule has 1 N–H and O–H groups in total. The van der Waals surface area contributed by atoms with Crippen LogP contribution in [0.25, 0.3) is 0 Å². The minimum atomic E-state index is -0.413. The average Bonchev–Trinajstić information content (AvgIpc) is 3.39. The van der Waals surface area contributed by atoms with Crippen molar-refractivity contribution in [2.24, 2.45) is 0 Å². The van der Waals surface area contributed by atoms with Gasteiger partial charge < -0.3 is 9.42 Å². The van der Waals surface area contributed by atoms with Gasteiger partial charge in [-0.25, -0.2) is 0 Å². The minimum absolute atomic E-state index is 0.0313. The van der Waals surface area contributed by atoms with Crippen LogP contribution in [0.2, 0.25) is 0 Å². The number of hydrogen-bond donors (Lipinski definition) is 1. The normalized spacial score (nSPS) is 12.9. The number of aryl methyl sites for hydroxylation is 1. The van der Waals surface area contributed by atoms with Crippen LogP contribution in [0.5, 0.6) is 0 Å². The highest BCUT2D eigenvalue weighted by molar-refractivity contribution is 8.01. The van der Waals surface area contributed by atoms with E-state index in [0.717, 1.165) is 12.1 Å². The molecule has 3 heterocycles. The Kier molecular flexibility index (Phi) is 4.90. The number of nitrogens with zero attached hydrogens (tertiary/aromatic N) is 4. The van der Waals surface area contributed by atoms with Crippen molar-refractivity contribution in [1.82, 2.24) is 15.4 Å². The number of nitrogens with one attached hydrogen (secondary N) is 1. The van der Waals surface area contributed by atoms with Crippen molar-refractivity contribution in [3.63, 3.8) is 0 Å². The van der Waals surface area contributed by atoms with Crippen LogP contribution in [-0.2, 0) is 11.2 Å². The van der Waals surface area contributed by atoms with Gasteiger partial charge in [-0.15, -0.1) is 10.2 Å². The van der Waals surface area contributed by atoms with Crippen molar-refractivity contribution in [3.8, 4) is 0 Å². The molecule has 10 heteroatoms. The van der Waals surface area contributed by atoms with Gasteiger partial charge in [0.05, 0.1) is 5.75 Å². The highest BCUT2D eigenvalue weighted by Gasteiger charge is 2.24. The molecule has 0 spiro atoms. The fraction of sp³-hybridized carbons (Fsp3) is 0.235. The van der Waals surface area contributed by atoms with Crippen molar-refractivity contribution in [1.29, 1.82) is 0 Å². The monoisotopic (exact) mass is 401 g/mol. The van der Waals surface area contributed by atoms with Crippen LogP contribution in [0.4, 0.5) is 10.8 Å². The van der Waals surface area contributed by atoms with Crippen LogP contribution < -0.4 is 10.2 Å². The van der Waals surface area contributed by atoms with Gasteiger partial charge >= 0.3 is 0 Å². The number of para-hydroxylation sites is 1. The number of carbonyl (C=O) groups excluding carboxylic acids is 2. The molecular formula is C17H15N5O3S2. The SMILES string of the molecule is Cc1cc(C(=O)Nc2nnc(SCC(=O)N3CCc4ccccc43)s2)no1. The minimum Gasteiger partial charge on any atom is -0.361 e. The molecule has 3 aromatic rings. The molecule has 0 atom stereocenters. The van der Waals surface area contributed by atoms with Crippen molar-refractivity contribution >= 4 is 45.7 Å². The molecule has 2 aromatic heterocycles. The molecule has 4 rings (SSSR count). The van der Waals surface area contributed by atoms with Crippen LogP contribution in [0, 0.1) is 6.92 Å². The molecule has 0 bridgehead atoms. The number of carbonyl (C=O) groups is 2. The fourth-order valence-electron chi connectivity index (χ4n) is 2.75. The van der Waals surface area contributed by atoms with E-state index >= 15 is 0 Å². The standard InChI is InChI=1S/C17H15N5O3S2/c1-10-8-12(21-25-10)15(24)18-16-19-20-17(27-16)26-9-14(23)22-7-6-11-4-2-3-5-13(11)22/h2-5,8H,6-7,9H2,1H3,(H,18,19,24). The number of benzene rings is 1. The molecule has 2 amide bonds. The van der Waals surface area contributed by atoms with Gasteiger partial charge in [-0.05, 0) is 25.0 Å². The Hall–Kier alpha value is -2.72. The summed E-state index contributed by atoms with van der Waals surface area (Å²) in [4.78, 5) is 26.4. The van der Waals surface area contributed by atoms with E-state index < -0.39 is 5.91 Å². The molecule has 1 aromatic carbocycles. The maximum absolute atomic E-state index is 12.5. The highest BCUT2D eigenvalue weighted by atomic mass is 32.2. The Balaban J connectivity index is 1.33. The van der Waals surface area contributed by atoms with Gasteiger partial charge in [0.25, 0.3) is 5.91 Å². The van der Waals surface area contributed by atoms with E-state index in [-0.39, 0.29) is 17.4 Å². The number of anilines is 2. The van der Waals surface area contributed by atoms with Gasteiger partial charge in [0.15, 0.2) is 10.0 Å². The number of thioether (sulfide) groups is 1. The van der Waals surface area contributed by atoms with Crippen LogP contribution in [-0.4, -0.2) is 39.5 Å². The molecular weight excluding hydrogens is 386 g/mol. The third kappa shape index (κ3) is 3.86. The Morgan fingerprint density at radius 1 is 1.33 bits per heavy atom. The molecule has 0 saturated heterocycles. The molecule has 0 aliphatic carbocycles. The molecule has 8 nitrogen and oxygen atoms in total. The van der Waals surface area contributed by atoms with Gasteiger partial charge in [0.1, 0.15) is 5.76 Å². The summed E-state index contributed by atoms with van der Waals surface area (Å²) in [5, 5.41) is 14.6. The van der Waals surface area contributed by atoms with Gasteiger partial charge in [0, 0.05) is 18.3 Å². The second-order valence-corrected chi connectivity index (χ2v) is 8.06. The van der Waals surface area contributed by atoms with Gasteiger partial charge in [0.2, 0.25) is 11.0 Å². The summed E-state index contributed by atoms with van der Waals surface area (Å²) in [5.74, 6) is 0.433. The molecule has 0 radical (unpaired) electrons. The third-order valence-corrected chi connectivity index (χ3v) is 5.95. The Morgan fingerprint density at radius 3 is 3.00 bits per heavy atom. The molecule has 0 fully saturated rings. The maximum Gasteiger partial charge on any atom is 0.279 e. The largest absolute Gasteiger partial charge is 0.361 e. The lowest BCUT2D eigenvalue weighted by atomic mass is 10.2. The summed E-state index contributed by atoms with van der Waals surface area (Å²) in [6.45, 7) is 2.41. The topological polar surface area (TPSA) is 101 Å². The number of hydrogen-bond acceptors (Lipinski definition) is 8. The molecule has 0 saturated carbocycles. The first-order valence-electron chi connectivity index (χ1n) is 8.19. The summed E-state index contributed by atoms with van der Waals surface area (Å²) in [6.07, 6.45) is 0.878. The number of aromatic nitrogens is 3. The lowest BCUT2D eigenvalue weighted by molar-refractivity contribution is -0.116. The van der Waals surface area contributed by atoms with Crippen LogP contribution >= 0.6 is 23.1 Å². The first-order chi connectivity index (χ1) is 13.1. The zero-order valence-corrected chi connectivity index (χ0v) is 16.0. The van der Waals surface area contributed by atoms with Crippen LogP contribution in [0.15, 0.2) is 39.2 Å². The molecule has 138 valence electrons. The molecule has 0 unspecified atom stereocenters. The fourth-order valence-corrected chi connectivity index (χ4v) is 4.37. The lowest BCUT2D eigenvalue weighted by Gasteiger charge is -2.16. The smallest absolute Gasteiger partial charge is 0.279 e. The number of rotatable bonds is 5. The predicted octanol–water partition coefficient (Wildman–Crippen LogP) is 2.77. The quantitative estimate of drug-likeness (QED) is 0.518. The van der Waals surface area contributed by atoms with Crippen molar-refractivity contribution in [2.75, 3.05) is 22.5 Å². The summed E-state index contributed by atoms with van der Waals surface area (Å²) in [7, 11) is 0. The number of amides is 2. The highest BCUT2D eigenvalue weighted by Crippen LogP contribution is 2.30. The Labute approximate surface area is 162 Å². The Morgan fingerprint density at radius 2 is 2.19 bits per heavy atom. The molecule has 1 aliphatic rings. The molecule has 1 aliphatic heterocycles. The summed E-state index contributed by atoms with van der Waals surface area (Å²) in [6, 6.07) is 9.48. The zero-order chi connectivity index (χ0) is 18.8. The van der Waals surface area contributed by atoms with Gasteiger partial charge in [-0.2, -0.15) is 0 Å². The summed E-state index contributed by atoms with van der Waals surface area (Å²) in [5.41, 5.74) is 2.36. The van der Waals surface area contributed by atoms with E-state index in [4.69, 9.17) is 4.52 Å². The first kappa shape index (κ1) is 17.7. The van der Waals surface area contributed by atoms with Crippen molar-refractivity contribution in [2.45, 2.75) is 17.7 Å². The second kappa shape index (κ2) is 7.49. The van der Waals surface area contributed by atoms with Crippen molar-refractivity contribution in [3.05, 3.63) is 47.3 Å². The maximum atomic E-state index is 12.5. The van der Waals surface area contributed by atoms with Crippen molar-refractivity contribution < 1.29 is 14.1 Å². The third-order valence-electron chi connectivity index (χ3n) is 3.99. The van der Waals surface area contributed by atoms with Gasteiger partial charge in [-0.1, -0.05) is 46.5 Å². The lowest BCUT2D eigenvalue weighted by Crippen LogP contribution is -2.30. The average molecular weight is 401 g/mol. The predicted molar refractivity (Wildman–Crippen MR) is 102 cm³/mol. The van der Waals surface area contributed by atoms with Crippen LogP contribution in [0.3, 0.4) is 0 Å². The van der Waals surface area contributed by atoms with Crippen LogP contribution in [0.1, 0.15) is 21.8 Å². The number of fused-ring (bicyclic) bond motifs is 1. The zero-order valence-electron chi connectivity index (χ0n) is 14.3. The van der Waals surface area contributed by atoms with E-state index in [1.165, 1.54) is 28.7 Å². The van der Waals surface area contributed by atoms with E-state index in [0.29, 0.717) is 21.8 Å². The second-order valence-electron chi connectivity index (χ2n) is 5.86. The first-order valence-corrected chi connectivity index (χ1v) is 9.99. The van der Waals surface area contributed by atoms with E-state index in [1.54, 1.807) is 17.9 Å². The Bertz CT molecular complexity index is 1000.